The van der Waals surface area contributed by atoms with E-state index in [1.54, 1.807) is 38.6 Å². The molecule has 0 spiro atoms. The molecule has 0 bridgehead atoms. The van der Waals surface area contributed by atoms with Gasteiger partial charge >= 0.3 is 11.9 Å². The zero-order valence-corrected chi connectivity index (χ0v) is 30.7. The molecule has 0 saturated heterocycles. The molecule has 2 aromatic carbocycles. The smallest absolute Gasteiger partial charge is 0.326 e. The Morgan fingerprint density at radius 1 is 0.843 bits per heavy atom. The van der Waals surface area contributed by atoms with Gasteiger partial charge in [-0.05, 0) is 83.3 Å². The van der Waals surface area contributed by atoms with Gasteiger partial charge in [0.15, 0.2) is 11.5 Å². The molecule has 0 unspecified atom stereocenters. The van der Waals surface area contributed by atoms with Gasteiger partial charge in [-0.3, -0.25) is 14.2 Å². The monoisotopic (exact) mass is 717 g/mol. The first-order valence-corrected chi connectivity index (χ1v) is 19.3. The van der Waals surface area contributed by atoms with Gasteiger partial charge in [-0.25, -0.2) is 25.1 Å². The van der Waals surface area contributed by atoms with Crippen molar-refractivity contribution in [2.45, 2.75) is 108 Å². The Morgan fingerprint density at radius 2 is 1.33 bits per heavy atom. The predicted octanol–water partition coefficient (Wildman–Crippen LogP) is 5.68. The fraction of sp³-hybridized carbons (Fsp3) is 0.486. The van der Waals surface area contributed by atoms with Gasteiger partial charge in [0.25, 0.3) is 0 Å². The average Bonchev–Trinajstić information content (AvgIpc) is 3.46. The van der Waals surface area contributed by atoms with Crippen LogP contribution in [-0.4, -0.2) is 67.2 Å². The molecule has 51 heavy (non-hydrogen) atoms. The minimum atomic E-state index is -3.85. The van der Waals surface area contributed by atoms with Crippen molar-refractivity contribution in [3.05, 3.63) is 84.4 Å². The number of carbonyl (C=O) groups is 2. The fourth-order valence-corrected chi connectivity index (χ4v) is 9.23. The van der Waals surface area contributed by atoms with Crippen molar-refractivity contribution >= 4 is 36.4 Å². The number of nitrogen functional groups attached to an aromatic ring is 1. The van der Waals surface area contributed by atoms with Crippen LogP contribution in [-0.2, 0) is 34.9 Å². The van der Waals surface area contributed by atoms with Gasteiger partial charge in [-0.15, -0.1) is 0 Å². The summed E-state index contributed by atoms with van der Waals surface area (Å²) in [6.45, 7) is 8.60. The first-order valence-electron chi connectivity index (χ1n) is 17.4. The van der Waals surface area contributed by atoms with Gasteiger partial charge in [-0.1, -0.05) is 60.7 Å². The Kier molecular flexibility index (Phi) is 10.6. The highest BCUT2D eigenvalue weighted by Gasteiger charge is 2.46. The molecule has 0 amide bonds. The third-order valence-electron chi connectivity index (χ3n) is 9.64. The van der Waals surface area contributed by atoms with Crippen LogP contribution < -0.4 is 15.9 Å². The summed E-state index contributed by atoms with van der Waals surface area (Å²) in [4.78, 5) is 39.6. The van der Waals surface area contributed by atoms with Crippen molar-refractivity contribution in [3.8, 4) is 0 Å². The highest BCUT2D eigenvalue weighted by molar-refractivity contribution is 7.59. The van der Waals surface area contributed by atoms with Crippen molar-refractivity contribution in [1.29, 1.82) is 0 Å². The Bertz CT molecular complexity index is 1790. The van der Waals surface area contributed by atoms with Crippen molar-refractivity contribution in [2.24, 2.45) is 0 Å². The molecule has 2 heterocycles. The maximum Gasteiger partial charge on any atom is 0.326 e. The molecule has 6 rings (SSSR count). The van der Waals surface area contributed by atoms with Crippen LogP contribution in [0, 0.1) is 0 Å². The van der Waals surface area contributed by atoms with Crippen molar-refractivity contribution in [2.75, 3.05) is 12.1 Å². The lowest BCUT2D eigenvalue weighted by Gasteiger charge is -2.40. The number of nitrogens with one attached hydrogen (secondary N) is 2. The van der Waals surface area contributed by atoms with E-state index in [0.29, 0.717) is 55.2 Å². The van der Waals surface area contributed by atoms with Gasteiger partial charge in [0, 0.05) is 0 Å². The van der Waals surface area contributed by atoms with Crippen LogP contribution in [0.2, 0.25) is 0 Å². The summed E-state index contributed by atoms with van der Waals surface area (Å²) < 4.78 is 34.5. The first-order chi connectivity index (χ1) is 24.2. The number of anilines is 1. The summed E-state index contributed by atoms with van der Waals surface area (Å²) in [5.41, 5.74) is 6.62. The first kappa shape index (κ1) is 36.6. The molecule has 2 aliphatic rings. The standard InChI is InChI=1S/C37H48N7O6P/c1-24(20-44-22-41-31-32(38)39-21-40-33(31)44)48-23-51(47,42-36(2,3)34(45)49-29-16-27(17-29)25-12-8-6-9-13-25)43-37(4,5)35(46)50-30-18-28(19-30)26-14-10-7-11-15-26/h6-15,21-22,24,27-30H,16-20,23H2,1-5H3,(H2,38,39,40)(H2,42,43,47)/t24-,27?,28?,29?,30?,51?/m1/s1. The van der Waals surface area contributed by atoms with E-state index in [0.717, 1.165) is 0 Å². The molecular weight excluding hydrogens is 669 g/mol. The Hall–Kier alpha value is -4.16. The number of fused-ring (bicyclic) bond motifs is 1. The minimum Gasteiger partial charge on any atom is -0.461 e. The van der Waals surface area contributed by atoms with Crippen LogP contribution in [0.5, 0.6) is 0 Å². The second-order valence-corrected chi connectivity index (χ2v) is 17.0. The third-order valence-corrected chi connectivity index (χ3v) is 12.0. The summed E-state index contributed by atoms with van der Waals surface area (Å²) in [5, 5.41) is 6.04. The summed E-state index contributed by atoms with van der Waals surface area (Å²) in [5.74, 6) is -0.174. The summed E-state index contributed by atoms with van der Waals surface area (Å²) in [6, 6.07) is 20.3. The van der Waals surface area contributed by atoms with Crippen molar-refractivity contribution in [3.63, 3.8) is 0 Å². The molecule has 272 valence electrons. The quantitative estimate of drug-likeness (QED) is 0.102. The second-order valence-electron chi connectivity index (χ2n) is 14.9. The van der Waals surface area contributed by atoms with E-state index >= 15 is 0 Å². The molecule has 2 fully saturated rings. The van der Waals surface area contributed by atoms with E-state index < -0.39 is 36.6 Å². The van der Waals surface area contributed by atoms with Crippen LogP contribution >= 0.6 is 7.44 Å². The topological polar surface area (TPSA) is 173 Å². The zero-order valence-electron chi connectivity index (χ0n) is 29.8. The lowest BCUT2D eigenvalue weighted by atomic mass is 9.77. The number of esters is 2. The molecule has 2 saturated carbocycles. The molecule has 4 aromatic rings. The van der Waals surface area contributed by atoms with Crippen LogP contribution in [0.3, 0.4) is 0 Å². The van der Waals surface area contributed by atoms with E-state index in [1.165, 1.54) is 17.5 Å². The van der Waals surface area contributed by atoms with Gasteiger partial charge in [0.1, 0.15) is 41.5 Å². The van der Waals surface area contributed by atoms with Crippen molar-refractivity contribution < 1.29 is 28.4 Å². The van der Waals surface area contributed by atoms with Crippen molar-refractivity contribution in [1.82, 2.24) is 29.7 Å². The van der Waals surface area contributed by atoms with Crippen LogP contribution in [0.25, 0.3) is 11.2 Å². The van der Waals surface area contributed by atoms with E-state index in [1.807, 2.05) is 43.3 Å². The van der Waals surface area contributed by atoms with Crippen LogP contribution in [0.4, 0.5) is 5.82 Å². The fourth-order valence-electron chi connectivity index (χ4n) is 6.60. The van der Waals surface area contributed by atoms with Gasteiger partial charge in [-0.2, -0.15) is 0 Å². The highest BCUT2D eigenvalue weighted by atomic mass is 31.2. The normalized spacial score (nSPS) is 22.3. The summed E-state index contributed by atoms with van der Waals surface area (Å²) in [6.07, 6.45) is 4.51. The molecule has 13 nitrogen and oxygen atoms in total. The van der Waals surface area contributed by atoms with Gasteiger partial charge in [0.05, 0.1) is 19.0 Å². The van der Waals surface area contributed by atoms with E-state index in [2.05, 4.69) is 49.4 Å². The molecular formula is C37H48N7O6P. The van der Waals surface area contributed by atoms with Crippen LogP contribution in [0.1, 0.15) is 83.3 Å². The number of imidazole rings is 1. The maximum atomic E-state index is 14.8. The minimum absolute atomic E-state index is 0.246. The lowest BCUT2D eigenvalue weighted by molar-refractivity contribution is -0.160. The number of carbonyl (C=O) groups excluding carboxylic acids is 2. The molecule has 14 heteroatoms. The number of rotatable bonds is 15. The largest absolute Gasteiger partial charge is 0.461 e. The number of ether oxygens (including phenoxy) is 3. The summed E-state index contributed by atoms with van der Waals surface area (Å²) >= 11 is 0. The number of nitrogens with two attached hydrogens (primary N) is 1. The number of benzene rings is 2. The molecule has 4 N–H and O–H groups in total. The molecule has 0 aliphatic heterocycles. The zero-order chi connectivity index (χ0) is 36.4. The Morgan fingerprint density at radius 3 is 1.82 bits per heavy atom. The predicted molar refractivity (Wildman–Crippen MR) is 194 cm³/mol. The lowest BCUT2D eigenvalue weighted by Crippen LogP contribution is -2.55. The third kappa shape index (κ3) is 8.66. The number of aromatic nitrogens is 4. The van der Waals surface area contributed by atoms with Gasteiger partial charge < -0.3 is 24.5 Å². The van der Waals surface area contributed by atoms with Crippen LogP contribution in [0.15, 0.2) is 73.3 Å². The Labute approximate surface area is 298 Å². The molecule has 2 aromatic heterocycles. The highest BCUT2D eigenvalue weighted by Crippen LogP contribution is 2.45. The molecule has 2 aliphatic carbocycles. The van der Waals surface area contributed by atoms with E-state index in [4.69, 9.17) is 19.9 Å². The van der Waals surface area contributed by atoms with Gasteiger partial charge in [0.2, 0.25) is 7.44 Å². The average molecular weight is 718 g/mol. The molecule has 0 radical (unpaired) electrons. The number of nitrogens with zero attached hydrogens (tertiary/aromatic N) is 4. The SMILES string of the molecule is C[C@H](Cn1cnc2c(N)ncnc21)OCP(=O)(NC(C)(C)C(=O)OC1CC(c2ccccc2)C1)NC(C)(C)C(=O)OC1CC(c2ccccc2)C1. The Balaban J connectivity index is 1.11. The number of hydrogen-bond acceptors (Lipinski definition) is 10. The summed E-state index contributed by atoms with van der Waals surface area (Å²) in [7, 11) is -3.85. The number of hydrogen-bond donors (Lipinski definition) is 3. The van der Waals surface area contributed by atoms with E-state index in [9.17, 15) is 14.2 Å². The molecule has 1 atom stereocenters. The second kappa shape index (κ2) is 14.8. The maximum absolute atomic E-state index is 14.8. The van der Waals surface area contributed by atoms with E-state index in [-0.39, 0.29) is 24.4 Å².